The molecule has 0 saturated carbocycles. The Morgan fingerprint density at radius 3 is 2.62 bits per heavy atom. The summed E-state index contributed by atoms with van der Waals surface area (Å²) in [6.45, 7) is 8.73. The normalized spacial score (nSPS) is 19.6. The molecule has 0 radical (unpaired) electrons. The maximum atomic E-state index is 5.96. The number of aryl methyl sites for hydroxylation is 1. The predicted molar refractivity (Wildman–Crippen MR) is 68.4 cm³/mol. The van der Waals surface area contributed by atoms with E-state index in [2.05, 4.69) is 42.3 Å². The highest BCUT2D eigenvalue weighted by atomic mass is 15.2. The van der Waals surface area contributed by atoms with Crippen molar-refractivity contribution in [3.63, 3.8) is 0 Å². The number of piperazine rings is 1. The number of nitrogens with two attached hydrogens (primary N) is 1. The second kappa shape index (κ2) is 4.85. The van der Waals surface area contributed by atoms with Gasteiger partial charge in [0.05, 0.1) is 0 Å². The van der Waals surface area contributed by atoms with Crippen molar-refractivity contribution in [3.05, 3.63) is 29.3 Å². The summed E-state index contributed by atoms with van der Waals surface area (Å²) >= 11 is 0. The molecular formula is C13H21N3. The molecule has 1 saturated heterocycles. The molecule has 0 aliphatic carbocycles. The number of hydrogen-bond donors (Lipinski definition) is 2. The Hall–Kier alpha value is -1.06. The van der Waals surface area contributed by atoms with Gasteiger partial charge in [0.25, 0.3) is 0 Å². The van der Waals surface area contributed by atoms with E-state index < -0.39 is 0 Å². The Bertz CT molecular complexity index is 356. The number of anilines is 1. The smallest absolute Gasteiger partial charge is 0.0347 e. The molecule has 1 aromatic rings. The van der Waals surface area contributed by atoms with E-state index in [-0.39, 0.29) is 0 Å². The predicted octanol–water partition coefficient (Wildman–Crippen LogP) is 1.54. The van der Waals surface area contributed by atoms with Crippen LogP contribution in [-0.4, -0.2) is 31.1 Å². The van der Waals surface area contributed by atoms with Crippen molar-refractivity contribution in [1.82, 2.24) is 10.2 Å². The van der Waals surface area contributed by atoms with Gasteiger partial charge in [0.2, 0.25) is 0 Å². The van der Waals surface area contributed by atoms with Gasteiger partial charge < -0.3 is 11.1 Å². The van der Waals surface area contributed by atoms with E-state index in [0.29, 0.717) is 6.04 Å². The lowest BCUT2D eigenvalue weighted by Gasteiger charge is -2.33. The summed E-state index contributed by atoms with van der Waals surface area (Å²) in [6, 6.07) is 6.88. The molecule has 1 aliphatic rings. The molecule has 3 heteroatoms. The lowest BCUT2D eigenvalue weighted by atomic mass is 10.0. The zero-order valence-corrected chi connectivity index (χ0v) is 10.2. The molecule has 3 nitrogen and oxygen atoms in total. The van der Waals surface area contributed by atoms with Gasteiger partial charge in [-0.1, -0.05) is 12.1 Å². The topological polar surface area (TPSA) is 41.3 Å². The van der Waals surface area contributed by atoms with E-state index in [1.807, 2.05) is 0 Å². The Balaban J connectivity index is 2.12. The van der Waals surface area contributed by atoms with E-state index in [4.69, 9.17) is 5.73 Å². The van der Waals surface area contributed by atoms with Gasteiger partial charge in [-0.3, -0.25) is 4.90 Å². The molecule has 1 atom stereocenters. The third-order valence-corrected chi connectivity index (χ3v) is 3.49. The first-order valence-corrected chi connectivity index (χ1v) is 5.99. The molecule has 1 heterocycles. The van der Waals surface area contributed by atoms with Crippen LogP contribution in [-0.2, 0) is 0 Å². The molecule has 16 heavy (non-hydrogen) atoms. The minimum atomic E-state index is 0.463. The van der Waals surface area contributed by atoms with E-state index >= 15 is 0 Å². The molecule has 0 aromatic heterocycles. The lowest BCUT2D eigenvalue weighted by Crippen LogP contribution is -2.44. The van der Waals surface area contributed by atoms with Crippen LogP contribution in [0.1, 0.15) is 24.1 Å². The molecule has 1 fully saturated rings. The molecule has 1 aliphatic heterocycles. The first-order chi connectivity index (χ1) is 7.68. The van der Waals surface area contributed by atoms with Crippen molar-refractivity contribution in [3.8, 4) is 0 Å². The third-order valence-electron chi connectivity index (χ3n) is 3.49. The average Bonchev–Trinajstić information content (AvgIpc) is 2.33. The Morgan fingerprint density at radius 1 is 1.31 bits per heavy atom. The van der Waals surface area contributed by atoms with Crippen molar-refractivity contribution < 1.29 is 0 Å². The van der Waals surface area contributed by atoms with Crippen molar-refractivity contribution in [2.24, 2.45) is 0 Å². The molecule has 1 unspecified atom stereocenters. The van der Waals surface area contributed by atoms with Gasteiger partial charge in [0.15, 0.2) is 0 Å². The molecule has 88 valence electrons. The Kier molecular flexibility index (Phi) is 3.46. The van der Waals surface area contributed by atoms with Crippen LogP contribution >= 0.6 is 0 Å². The molecule has 3 N–H and O–H groups in total. The van der Waals surface area contributed by atoms with Gasteiger partial charge in [-0.2, -0.15) is 0 Å². The van der Waals surface area contributed by atoms with Crippen LogP contribution < -0.4 is 11.1 Å². The summed E-state index contributed by atoms with van der Waals surface area (Å²) in [5.74, 6) is 0. The maximum Gasteiger partial charge on any atom is 0.0347 e. The minimum absolute atomic E-state index is 0.463. The third kappa shape index (κ3) is 2.36. The van der Waals surface area contributed by atoms with E-state index in [0.717, 1.165) is 37.4 Å². The van der Waals surface area contributed by atoms with Crippen LogP contribution in [0.4, 0.5) is 5.69 Å². The van der Waals surface area contributed by atoms with Crippen molar-refractivity contribution in [2.75, 3.05) is 31.9 Å². The van der Waals surface area contributed by atoms with Crippen molar-refractivity contribution in [1.29, 1.82) is 0 Å². The fourth-order valence-corrected chi connectivity index (χ4v) is 2.20. The van der Waals surface area contributed by atoms with Gasteiger partial charge in [-0.15, -0.1) is 0 Å². The van der Waals surface area contributed by atoms with Crippen LogP contribution in [0, 0.1) is 6.92 Å². The standard InChI is InChI=1S/C13H21N3/c1-10-3-4-12(9-13(10)14)11(2)16-7-5-15-6-8-16/h3-4,9,11,15H,5-8,14H2,1-2H3. The monoisotopic (exact) mass is 219 g/mol. The van der Waals surface area contributed by atoms with Crippen molar-refractivity contribution >= 4 is 5.69 Å². The number of nitrogens with one attached hydrogen (secondary N) is 1. The van der Waals surface area contributed by atoms with Gasteiger partial charge in [0, 0.05) is 37.9 Å². The molecule has 1 aromatic carbocycles. The van der Waals surface area contributed by atoms with Crippen LogP contribution in [0.3, 0.4) is 0 Å². The summed E-state index contributed by atoms with van der Waals surface area (Å²) in [4.78, 5) is 2.50. The van der Waals surface area contributed by atoms with E-state index in [1.54, 1.807) is 0 Å². The average molecular weight is 219 g/mol. The van der Waals surface area contributed by atoms with Crippen LogP contribution in [0.5, 0.6) is 0 Å². The molecule has 0 amide bonds. The van der Waals surface area contributed by atoms with Crippen LogP contribution in [0.15, 0.2) is 18.2 Å². The maximum absolute atomic E-state index is 5.96. The number of benzene rings is 1. The lowest BCUT2D eigenvalue weighted by molar-refractivity contribution is 0.185. The SMILES string of the molecule is Cc1ccc(C(C)N2CCNCC2)cc1N. The largest absolute Gasteiger partial charge is 0.399 e. The quantitative estimate of drug-likeness (QED) is 0.741. The van der Waals surface area contributed by atoms with Crippen molar-refractivity contribution in [2.45, 2.75) is 19.9 Å². The number of nitrogen functional groups attached to an aromatic ring is 1. The van der Waals surface area contributed by atoms with Gasteiger partial charge in [0.1, 0.15) is 0 Å². The fourth-order valence-electron chi connectivity index (χ4n) is 2.20. The van der Waals surface area contributed by atoms with Gasteiger partial charge in [-0.25, -0.2) is 0 Å². The van der Waals surface area contributed by atoms with Crippen LogP contribution in [0.2, 0.25) is 0 Å². The van der Waals surface area contributed by atoms with Gasteiger partial charge >= 0.3 is 0 Å². The highest BCUT2D eigenvalue weighted by Crippen LogP contribution is 2.23. The summed E-state index contributed by atoms with van der Waals surface area (Å²) in [6.07, 6.45) is 0. The highest BCUT2D eigenvalue weighted by Gasteiger charge is 2.17. The molecule has 0 spiro atoms. The fraction of sp³-hybridized carbons (Fsp3) is 0.538. The number of rotatable bonds is 2. The first kappa shape index (κ1) is 11.4. The Labute approximate surface area is 97.6 Å². The van der Waals surface area contributed by atoms with E-state index in [9.17, 15) is 0 Å². The minimum Gasteiger partial charge on any atom is -0.399 e. The van der Waals surface area contributed by atoms with Gasteiger partial charge in [-0.05, 0) is 31.0 Å². The second-order valence-electron chi connectivity index (χ2n) is 4.58. The summed E-state index contributed by atoms with van der Waals surface area (Å²) in [7, 11) is 0. The first-order valence-electron chi connectivity index (χ1n) is 5.99. The Morgan fingerprint density at radius 2 is 2.00 bits per heavy atom. The highest BCUT2D eigenvalue weighted by molar-refractivity contribution is 5.48. The summed E-state index contributed by atoms with van der Waals surface area (Å²) in [5.41, 5.74) is 9.35. The van der Waals surface area contributed by atoms with E-state index in [1.165, 1.54) is 5.56 Å². The number of nitrogens with zero attached hydrogens (tertiary/aromatic N) is 1. The summed E-state index contributed by atoms with van der Waals surface area (Å²) in [5, 5.41) is 3.38. The zero-order valence-electron chi connectivity index (χ0n) is 10.2. The second-order valence-corrected chi connectivity index (χ2v) is 4.58. The molecule has 0 bridgehead atoms. The summed E-state index contributed by atoms with van der Waals surface area (Å²) < 4.78 is 0. The molecule has 2 rings (SSSR count). The zero-order chi connectivity index (χ0) is 11.5. The number of hydrogen-bond acceptors (Lipinski definition) is 3. The van der Waals surface area contributed by atoms with Crippen LogP contribution in [0.25, 0.3) is 0 Å². The molecular weight excluding hydrogens is 198 g/mol.